The first-order valence-electron chi connectivity index (χ1n) is 5.98. The summed E-state index contributed by atoms with van der Waals surface area (Å²) >= 11 is 5.87. The summed E-state index contributed by atoms with van der Waals surface area (Å²) in [5.41, 5.74) is 1.70. The molecular formula is C14H10ClF2N3. The maximum Gasteiger partial charge on any atom is 0.257 e. The number of pyridine rings is 1. The Labute approximate surface area is 118 Å². The Bertz CT molecular complexity index is 755. The molecule has 0 aliphatic heterocycles. The van der Waals surface area contributed by atoms with Gasteiger partial charge in [0.05, 0.1) is 6.20 Å². The van der Waals surface area contributed by atoms with Crippen molar-refractivity contribution in [3.8, 4) is 11.1 Å². The molecule has 0 N–H and O–H groups in total. The Balaban J connectivity index is 1.99. The van der Waals surface area contributed by atoms with E-state index >= 15 is 0 Å². The summed E-state index contributed by atoms with van der Waals surface area (Å²) in [6.07, 6.45) is 2.47. The fraction of sp³-hybridized carbons (Fsp3) is 0.143. The van der Waals surface area contributed by atoms with Gasteiger partial charge in [0.15, 0.2) is 0 Å². The van der Waals surface area contributed by atoms with Crippen molar-refractivity contribution < 1.29 is 8.78 Å². The lowest BCUT2D eigenvalue weighted by Crippen LogP contribution is -2.06. The number of hydrogen-bond donors (Lipinski definition) is 0. The number of aromatic nitrogens is 3. The highest BCUT2D eigenvalue weighted by atomic mass is 35.5. The van der Waals surface area contributed by atoms with Crippen LogP contribution in [0.15, 0.2) is 42.9 Å². The third kappa shape index (κ3) is 2.63. The van der Waals surface area contributed by atoms with Crippen molar-refractivity contribution in [2.75, 3.05) is 0 Å². The Morgan fingerprint density at radius 2 is 1.95 bits per heavy atom. The van der Waals surface area contributed by atoms with Crippen molar-refractivity contribution in [2.24, 2.45) is 0 Å². The SMILES string of the molecule is FC(F)Cn1cc(-c2ccc3cnc(Cl)cc3c2)cn1. The summed E-state index contributed by atoms with van der Waals surface area (Å²) in [5, 5.41) is 6.27. The summed E-state index contributed by atoms with van der Waals surface area (Å²) in [6.45, 7) is -0.399. The first kappa shape index (κ1) is 13.0. The lowest BCUT2D eigenvalue weighted by Gasteiger charge is -2.02. The van der Waals surface area contributed by atoms with Gasteiger partial charge >= 0.3 is 0 Å². The predicted octanol–water partition coefficient (Wildman–Crippen LogP) is 4.02. The molecule has 0 saturated carbocycles. The summed E-state index contributed by atoms with van der Waals surface area (Å²) in [6, 6.07) is 7.52. The van der Waals surface area contributed by atoms with Gasteiger partial charge < -0.3 is 0 Å². The molecule has 0 aliphatic rings. The zero-order chi connectivity index (χ0) is 14.1. The topological polar surface area (TPSA) is 30.7 Å². The highest BCUT2D eigenvalue weighted by Gasteiger charge is 2.07. The van der Waals surface area contributed by atoms with E-state index in [1.54, 1.807) is 24.7 Å². The molecule has 0 atom stereocenters. The third-order valence-corrected chi connectivity index (χ3v) is 3.19. The summed E-state index contributed by atoms with van der Waals surface area (Å²) in [5.74, 6) is 0. The maximum absolute atomic E-state index is 12.3. The van der Waals surface area contributed by atoms with Crippen LogP contribution < -0.4 is 0 Å². The van der Waals surface area contributed by atoms with E-state index in [1.807, 2.05) is 18.2 Å². The summed E-state index contributed by atoms with van der Waals surface area (Å²) in [4.78, 5) is 4.01. The quantitative estimate of drug-likeness (QED) is 0.683. The lowest BCUT2D eigenvalue weighted by atomic mass is 10.1. The van der Waals surface area contributed by atoms with E-state index in [0.29, 0.717) is 5.15 Å². The fourth-order valence-corrected chi connectivity index (χ4v) is 2.21. The van der Waals surface area contributed by atoms with Crippen LogP contribution in [-0.4, -0.2) is 21.2 Å². The van der Waals surface area contributed by atoms with Crippen LogP contribution in [0.4, 0.5) is 8.78 Å². The van der Waals surface area contributed by atoms with Crippen molar-refractivity contribution in [2.45, 2.75) is 13.0 Å². The van der Waals surface area contributed by atoms with E-state index < -0.39 is 13.0 Å². The van der Waals surface area contributed by atoms with Crippen LogP contribution in [0.2, 0.25) is 5.15 Å². The monoisotopic (exact) mass is 293 g/mol. The highest BCUT2D eigenvalue weighted by Crippen LogP contribution is 2.25. The standard InChI is InChI=1S/C14H10ClF2N3/c15-13-4-11-3-9(1-2-10(11)5-18-13)12-6-19-20(7-12)8-14(16)17/h1-7,14H,8H2. The molecule has 1 aromatic carbocycles. The number of alkyl halides is 2. The molecule has 0 unspecified atom stereocenters. The van der Waals surface area contributed by atoms with Crippen LogP contribution >= 0.6 is 11.6 Å². The van der Waals surface area contributed by atoms with Gasteiger partial charge in [0.25, 0.3) is 6.43 Å². The third-order valence-electron chi connectivity index (χ3n) is 2.98. The van der Waals surface area contributed by atoms with Gasteiger partial charge in [-0.05, 0) is 23.1 Å². The van der Waals surface area contributed by atoms with E-state index in [4.69, 9.17) is 11.6 Å². The number of benzene rings is 1. The first-order chi connectivity index (χ1) is 9.61. The molecule has 0 bridgehead atoms. The molecule has 0 fully saturated rings. The number of hydrogen-bond acceptors (Lipinski definition) is 2. The van der Waals surface area contributed by atoms with Crippen molar-refractivity contribution in [1.29, 1.82) is 0 Å². The molecule has 0 amide bonds. The van der Waals surface area contributed by atoms with Crippen LogP contribution in [0.1, 0.15) is 0 Å². The minimum absolute atomic E-state index is 0.399. The fourth-order valence-electron chi connectivity index (χ4n) is 2.05. The predicted molar refractivity (Wildman–Crippen MR) is 74.0 cm³/mol. The molecule has 0 radical (unpaired) electrons. The van der Waals surface area contributed by atoms with E-state index in [9.17, 15) is 8.78 Å². The van der Waals surface area contributed by atoms with E-state index in [0.717, 1.165) is 21.9 Å². The van der Waals surface area contributed by atoms with Crippen molar-refractivity contribution in [3.63, 3.8) is 0 Å². The van der Waals surface area contributed by atoms with E-state index in [1.165, 1.54) is 4.68 Å². The molecule has 102 valence electrons. The van der Waals surface area contributed by atoms with E-state index in [2.05, 4.69) is 10.1 Å². The molecule has 6 heteroatoms. The number of fused-ring (bicyclic) bond motifs is 1. The number of rotatable bonds is 3. The normalized spacial score (nSPS) is 11.4. The van der Waals surface area contributed by atoms with Gasteiger partial charge in [-0.2, -0.15) is 5.10 Å². The van der Waals surface area contributed by atoms with Gasteiger partial charge in [0.2, 0.25) is 0 Å². The van der Waals surface area contributed by atoms with Crippen LogP contribution in [-0.2, 0) is 6.54 Å². The van der Waals surface area contributed by atoms with Gasteiger partial charge in [0.1, 0.15) is 11.7 Å². The van der Waals surface area contributed by atoms with Crippen LogP contribution in [0.5, 0.6) is 0 Å². The molecule has 0 spiro atoms. The molecule has 0 aliphatic carbocycles. The van der Waals surface area contributed by atoms with Crippen molar-refractivity contribution in [3.05, 3.63) is 48.0 Å². The minimum atomic E-state index is -2.41. The van der Waals surface area contributed by atoms with Crippen LogP contribution in [0.25, 0.3) is 21.9 Å². The second-order valence-electron chi connectivity index (χ2n) is 4.41. The first-order valence-corrected chi connectivity index (χ1v) is 6.36. The van der Waals surface area contributed by atoms with Gasteiger partial charge in [-0.1, -0.05) is 23.7 Å². The van der Waals surface area contributed by atoms with Crippen LogP contribution in [0, 0.1) is 0 Å². The van der Waals surface area contributed by atoms with Gasteiger partial charge in [-0.3, -0.25) is 4.68 Å². The maximum atomic E-state index is 12.3. The zero-order valence-electron chi connectivity index (χ0n) is 10.3. The lowest BCUT2D eigenvalue weighted by molar-refractivity contribution is 0.122. The van der Waals surface area contributed by atoms with Gasteiger partial charge in [0, 0.05) is 23.3 Å². The van der Waals surface area contributed by atoms with Gasteiger partial charge in [-0.25, -0.2) is 13.8 Å². The Morgan fingerprint density at radius 1 is 1.10 bits per heavy atom. The molecule has 2 heterocycles. The van der Waals surface area contributed by atoms with Crippen molar-refractivity contribution in [1.82, 2.24) is 14.8 Å². The Hall–Kier alpha value is -2.01. The molecule has 0 saturated heterocycles. The van der Waals surface area contributed by atoms with E-state index in [-0.39, 0.29) is 0 Å². The molecular weight excluding hydrogens is 284 g/mol. The second-order valence-corrected chi connectivity index (χ2v) is 4.80. The molecule has 3 rings (SSSR count). The molecule has 2 aromatic heterocycles. The average Bonchev–Trinajstić information content (AvgIpc) is 2.85. The molecule has 3 nitrogen and oxygen atoms in total. The number of nitrogens with zero attached hydrogens (tertiary/aromatic N) is 3. The molecule has 20 heavy (non-hydrogen) atoms. The van der Waals surface area contributed by atoms with Gasteiger partial charge in [-0.15, -0.1) is 0 Å². The second kappa shape index (κ2) is 5.17. The van der Waals surface area contributed by atoms with Crippen molar-refractivity contribution >= 4 is 22.4 Å². The average molecular weight is 294 g/mol. The smallest absolute Gasteiger partial charge is 0.257 e. The summed E-state index contributed by atoms with van der Waals surface area (Å²) < 4.78 is 25.8. The highest BCUT2D eigenvalue weighted by molar-refractivity contribution is 6.30. The summed E-state index contributed by atoms with van der Waals surface area (Å²) in [7, 11) is 0. The largest absolute Gasteiger partial charge is 0.266 e. The number of halogens is 3. The van der Waals surface area contributed by atoms with Crippen LogP contribution in [0.3, 0.4) is 0 Å². The Kier molecular flexibility index (Phi) is 3.36. The Morgan fingerprint density at radius 3 is 2.75 bits per heavy atom. The minimum Gasteiger partial charge on any atom is -0.266 e. The zero-order valence-corrected chi connectivity index (χ0v) is 11.1. The molecule has 3 aromatic rings.